The SMILES string of the molecule is Oc1cc2c(ccc3c4ccccc4[nH]c23)cc1CONc1ccccc1. The van der Waals surface area contributed by atoms with E-state index in [-0.39, 0.29) is 12.4 Å². The Balaban J connectivity index is 1.51. The van der Waals surface area contributed by atoms with Crippen molar-refractivity contribution in [2.45, 2.75) is 6.61 Å². The number of aromatic hydroxyl groups is 1. The van der Waals surface area contributed by atoms with Gasteiger partial charge in [0.1, 0.15) is 12.4 Å². The fourth-order valence-corrected chi connectivity index (χ4v) is 3.55. The van der Waals surface area contributed by atoms with Gasteiger partial charge >= 0.3 is 0 Å². The van der Waals surface area contributed by atoms with Gasteiger partial charge in [0.25, 0.3) is 0 Å². The summed E-state index contributed by atoms with van der Waals surface area (Å²) in [7, 11) is 0. The molecule has 0 bridgehead atoms. The highest BCUT2D eigenvalue weighted by atomic mass is 16.6. The molecule has 5 aromatic rings. The average molecular weight is 354 g/mol. The summed E-state index contributed by atoms with van der Waals surface area (Å²) in [4.78, 5) is 9.03. The van der Waals surface area contributed by atoms with Crippen molar-refractivity contribution in [3.8, 4) is 5.75 Å². The van der Waals surface area contributed by atoms with Crippen molar-refractivity contribution in [1.82, 2.24) is 4.98 Å². The van der Waals surface area contributed by atoms with Crippen LogP contribution < -0.4 is 5.48 Å². The molecule has 4 nitrogen and oxygen atoms in total. The summed E-state index contributed by atoms with van der Waals surface area (Å²) in [5, 5.41) is 14.9. The van der Waals surface area contributed by atoms with Crippen LogP contribution >= 0.6 is 0 Å². The third-order valence-corrected chi connectivity index (χ3v) is 4.89. The van der Waals surface area contributed by atoms with Crippen LogP contribution in [-0.2, 0) is 11.4 Å². The second-order valence-electron chi connectivity index (χ2n) is 6.62. The first-order chi connectivity index (χ1) is 13.3. The predicted molar refractivity (Wildman–Crippen MR) is 110 cm³/mol. The van der Waals surface area contributed by atoms with Crippen LogP contribution in [0.25, 0.3) is 32.6 Å². The van der Waals surface area contributed by atoms with Crippen molar-refractivity contribution in [2.24, 2.45) is 0 Å². The quantitative estimate of drug-likeness (QED) is 0.362. The molecule has 0 spiro atoms. The Kier molecular flexibility index (Phi) is 3.69. The maximum absolute atomic E-state index is 10.5. The number of phenolic OH excluding ortho intramolecular Hbond substituents is 1. The molecule has 0 atom stereocenters. The molecule has 0 saturated carbocycles. The second kappa shape index (κ2) is 6.34. The van der Waals surface area contributed by atoms with E-state index >= 15 is 0 Å². The van der Waals surface area contributed by atoms with Crippen LogP contribution in [0, 0.1) is 0 Å². The van der Waals surface area contributed by atoms with Crippen LogP contribution in [0.1, 0.15) is 5.56 Å². The minimum absolute atomic E-state index is 0.225. The molecular formula is C23H18N2O2. The van der Waals surface area contributed by atoms with Gasteiger partial charge in [0.05, 0.1) is 11.2 Å². The number of fused-ring (bicyclic) bond motifs is 5. The van der Waals surface area contributed by atoms with Gasteiger partial charge in [0, 0.05) is 27.2 Å². The van der Waals surface area contributed by atoms with Crippen molar-refractivity contribution in [3.63, 3.8) is 0 Å². The van der Waals surface area contributed by atoms with E-state index in [1.54, 1.807) is 0 Å². The van der Waals surface area contributed by atoms with Gasteiger partial charge in [-0.25, -0.2) is 0 Å². The normalized spacial score (nSPS) is 11.4. The lowest BCUT2D eigenvalue weighted by molar-refractivity contribution is 0.177. The minimum Gasteiger partial charge on any atom is -0.508 e. The maximum atomic E-state index is 10.5. The number of benzene rings is 4. The Morgan fingerprint density at radius 2 is 1.63 bits per heavy atom. The first-order valence-corrected chi connectivity index (χ1v) is 8.87. The van der Waals surface area contributed by atoms with Crippen LogP contribution in [0.2, 0.25) is 0 Å². The molecule has 0 fully saturated rings. The van der Waals surface area contributed by atoms with E-state index in [4.69, 9.17) is 4.84 Å². The standard InChI is InChI=1S/C23H18N2O2/c26-22-13-20-15(12-16(22)14-27-25-17-6-2-1-3-7-17)10-11-19-18-8-4-5-9-21(18)24-23(19)20/h1-13,24-26H,14H2. The van der Waals surface area contributed by atoms with E-state index in [0.29, 0.717) is 0 Å². The number of rotatable bonds is 4. The molecule has 0 saturated heterocycles. The van der Waals surface area contributed by atoms with Crippen molar-refractivity contribution in [3.05, 3.63) is 84.4 Å². The van der Waals surface area contributed by atoms with Gasteiger partial charge in [-0.05, 0) is 35.7 Å². The molecule has 132 valence electrons. The highest BCUT2D eigenvalue weighted by Gasteiger charge is 2.11. The minimum atomic E-state index is 0.225. The number of phenols is 1. The molecule has 0 aliphatic rings. The Bertz CT molecular complexity index is 1260. The Labute approximate surface area is 156 Å². The zero-order valence-corrected chi connectivity index (χ0v) is 14.6. The molecular weight excluding hydrogens is 336 g/mol. The lowest BCUT2D eigenvalue weighted by atomic mass is 10.0. The van der Waals surface area contributed by atoms with E-state index in [1.165, 1.54) is 5.39 Å². The van der Waals surface area contributed by atoms with Crippen molar-refractivity contribution in [2.75, 3.05) is 5.48 Å². The van der Waals surface area contributed by atoms with E-state index in [0.717, 1.165) is 38.4 Å². The number of hydrogen-bond donors (Lipinski definition) is 3. The highest BCUT2D eigenvalue weighted by Crippen LogP contribution is 2.34. The Morgan fingerprint density at radius 1 is 0.815 bits per heavy atom. The molecule has 1 aromatic heterocycles. The van der Waals surface area contributed by atoms with Crippen LogP contribution in [0.15, 0.2) is 78.9 Å². The Hall–Kier alpha value is -3.50. The van der Waals surface area contributed by atoms with Crippen molar-refractivity contribution in [1.29, 1.82) is 0 Å². The molecule has 3 N–H and O–H groups in total. The second-order valence-corrected chi connectivity index (χ2v) is 6.62. The maximum Gasteiger partial charge on any atom is 0.121 e. The van der Waals surface area contributed by atoms with E-state index < -0.39 is 0 Å². The van der Waals surface area contributed by atoms with E-state index in [2.05, 4.69) is 34.7 Å². The third kappa shape index (κ3) is 2.76. The third-order valence-electron chi connectivity index (χ3n) is 4.89. The van der Waals surface area contributed by atoms with Crippen molar-refractivity contribution < 1.29 is 9.94 Å². The molecule has 0 radical (unpaired) electrons. The number of anilines is 1. The number of para-hydroxylation sites is 2. The lowest BCUT2D eigenvalue weighted by Gasteiger charge is -2.10. The molecule has 0 aliphatic carbocycles. The van der Waals surface area contributed by atoms with E-state index in [1.807, 2.05) is 54.6 Å². The van der Waals surface area contributed by atoms with Crippen LogP contribution in [0.3, 0.4) is 0 Å². The summed E-state index contributed by atoms with van der Waals surface area (Å²) < 4.78 is 0. The molecule has 4 heteroatoms. The molecule has 0 aliphatic heterocycles. The summed E-state index contributed by atoms with van der Waals surface area (Å²) in [5.74, 6) is 0.225. The first-order valence-electron chi connectivity index (χ1n) is 8.87. The van der Waals surface area contributed by atoms with Crippen LogP contribution in [0.4, 0.5) is 5.69 Å². The van der Waals surface area contributed by atoms with Crippen LogP contribution in [-0.4, -0.2) is 10.1 Å². The topological polar surface area (TPSA) is 57.3 Å². The van der Waals surface area contributed by atoms with Gasteiger partial charge in [0.2, 0.25) is 0 Å². The highest BCUT2D eigenvalue weighted by molar-refractivity contribution is 6.17. The number of hydrogen-bond acceptors (Lipinski definition) is 3. The van der Waals surface area contributed by atoms with Gasteiger partial charge in [-0.15, -0.1) is 0 Å². The number of H-pyrrole nitrogens is 1. The van der Waals surface area contributed by atoms with Crippen LogP contribution in [0.5, 0.6) is 5.75 Å². The lowest BCUT2D eigenvalue weighted by Crippen LogP contribution is -2.01. The zero-order chi connectivity index (χ0) is 18.2. The smallest absolute Gasteiger partial charge is 0.121 e. The predicted octanol–water partition coefficient (Wildman–Crippen LogP) is 5.72. The summed E-state index contributed by atoms with van der Waals surface area (Å²) in [6, 6.07) is 25.9. The fraction of sp³-hybridized carbons (Fsp3) is 0.0435. The summed E-state index contributed by atoms with van der Waals surface area (Å²) in [6.07, 6.45) is 0. The molecule has 27 heavy (non-hydrogen) atoms. The van der Waals surface area contributed by atoms with Gasteiger partial charge in [-0.1, -0.05) is 48.5 Å². The molecule has 5 rings (SSSR count). The number of aromatic amines is 1. The largest absolute Gasteiger partial charge is 0.508 e. The molecule has 4 aromatic carbocycles. The summed E-state index contributed by atoms with van der Waals surface area (Å²) in [5.41, 5.74) is 6.65. The number of nitrogens with one attached hydrogen (secondary N) is 2. The average Bonchev–Trinajstić information content (AvgIpc) is 3.08. The summed E-state index contributed by atoms with van der Waals surface area (Å²) >= 11 is 0. The zero-order valence-electron chi connectivity index (χ0n) is 14.6. The van der Waals surface area contributed by atoms with Gasteiger partial charge < -0.3 is 10.1 Å². The van der Waals surface area contributed by atoms with Gasteiger partial charge in [-0.3, -0.25) is 10.3 Å². The number of aromatic nitrogens is 1. The fourth-order valence-electron chi connectivity index (χ4n) is 3.55. The Morgan fingerprint density at radius 3 is 2.52 bits per heavy atom. The van der Waals surface area contributed by atoms with Gasteiger partial charge in [-0.2, -0.15) is 0 Å². The molecule has 1 heterocycles. The molecule has 0 amide bonds. The first kappa shape index (κ1) is 15.7. The van der Waals surface area contributed by atoms with E-state index in [9.17, 15) is 5.11 Å². The van der Waals surface area contributed by atoms with Gasteiger partial charge in [0.15, 0.2) is 0 Å². The summed E-state index contributed by atoms with van der Waals surface area (Å²) in [6.45, 7) is 0.265. The van der Waals surface area contributed by atoms with Crippen molar-refractivity contribution >= 4 is 38.3 Å². The molecule has 0 unspecified atom stereocenters. The monoisotopic (exact) mass is 354 g/mol.